The average molecular weight is 257 g/mol. The van der Waals surface area contributed by atoms with Crippen LogP contribution >= 0.6 is 0 Å². The molecular weight excluding hydrogens is 242 g/mol. The smallest absolute Gasteiger partial charge is 0.267 e. The van der Waals surface area contributed by atoms with Crippen molar-refractivity contribution >= 4 is 9.84 Å². The maximum absolute atomic E-state index is 11.7. The van der Waals surface area contributed by atoms with Gasteiger partial charge in [-0.2, -0.15) is 5.10 Å². The summed E-state index contributed by atoms with van der Waals surface area (Å²) < 4.78 is 23.3. The Morgan fingerprint density at radius 1 is 1.53 bits per heavy atom. The highest BCUT2D eigenvalue weighted by molar-refractivity contribution is 7.90. The summed E-state index contributed by atoms with van der Waals surface area (Å²) in [6, 6.07) is 1.54. The molecule has 2 heterocycles. The number of hydrogen-bond acceptors (Lipinski definition) is 5. The van der Waals surface area contributed by atoms with E-state index in [1.165, 1.54) is 10.7 Å². The van der Waals surface area contributed by atoms with Gasteiger partial charge in [0.05, 0.1) is 18.0 Å². The van der Waals surface area contributed by atoms with Crippen LogP contribution in [0.5, 0.6) is 0 Å². The Kier molecular flexibility index (Phi) is 3.30. The van der Waals surface area contributed by atoms with Gasteiger partial charge in [0.2, 0.25) is 0 Å². The van der Waals surface area contributed by atoms with Gasteiger partial charge in [-0.05, 0) is 5.56 Å². The molecule has 0 radical (unpaired) electrons. The minimum absolute atomic E-state index is 0.0586. The highest BCUT2D eigenvalue weighted by Gasteiger charge is 2.13. The first-order valence-corrected chi connectivity index (χ1v) is 7.50. The van der Waals surface area contributed by atoms with E-state index in [1.54, 1.807) is 0 Å². The lowest BCUT2D eigenvalue weighted by atomic mass is 10.1. The third kappa shape index (κ3) is 3.13. The largest absolute Gasteiger partial charge is 0.312 e. The van der Waals surface area contributed by atoms with E-state index in [1.807, 2.05) is 0 Å². The molecule has 0 aliphatic carbocycles. The van der Waals surface area contributed by atoms with E-state index < -0.39 is 9.84 Å². The second kappa shape index (κ2) is 4.58. The van der Waals surface area contributed by atoms with E-state index >= 15 is 0 Å². The summed E-state index contributed by atoms with van der Waals surface area (Å²) in [4.78, 5) is 11.7. The zero-order chi connectivity index (χ0) is 12.5. The molecule has 6 nitrogen and oxygen atoms in total. The van der Waals surface area contributed by atoms with Crippen LogP contribution in [-0.2, 0) is 29.3 Å². The van der Waals surface area contributed by atoms with Gasteiger partial charge < -0.3 is 5.32 Å². The number of nitrogens with zero attached hydrogens (tertiary/aromatic N) is 2. The van der Waals surface area contributed by atoms with Gasteiger partial charge in [0.15, 0.2) is 0 Å². The highest BCUT2D eigenvalue weighted by atomic mass is 32.2. The zero-order valence-electron chi connectivity index (χ0n) is 9.64. The van der Waals surface area contributed by atoms with Crippen molar-refractivity contribution in [2.45, 2.75) is 19.5 Å². The fourth-order valence-electron chi connectivity index (χ4n) is 1.77. The van der Waals surface area contributed by atoms with Crippen molar-refractivity contribution < 1.29 is 8.42 Å². The molecule has 94 valence electrons. The van der Waals surface area contributed by atoms with Gasteiger partial charge in [0.25, 0.3) is 5.56 Å². The fraction of sp³-hybridized carbons (Fsp3) is 0.600. The molecule has 17 heavy (non-hydrogen) atoms. The first-order chi connectivity index (χ1) is 7.96. The van der Waals surface area contributed by atoms with E-state index in [9.17, 15) is 13.2 Å². The Morgan fingerprint density at radius 3 is 3.00 bits per heavy atom. The van der Waals surface area contributed by atoms with Crippen LogP contribution in [0.15, 0.2) is 10.9 Å². The van der Waals surface area contributed by atoms with Gasteiger partial charge in [-0.3, -0.25) is 4.79 Å². The topological polar surface area (TPSA) is 81.1 Å². The average Bonchev–Trinajstić information content (AvgIpc) is 2.25. The maximum atomic E-state index is 11.7. The van der Waals surface area contributed by atoms with Crippen molar-refractivity contribution in [2.75, 3.05) is 18.6 Å². The van der Waals surface area contributed by atoms with Crippen LogP contribution in [0.3, 0.4) is 0 Å². The highest BCUT2D eigenvalue weighted by Crippen LogP contribution is 2.07. The van der Waals surface area contributed by atoms with Crippen LogP contribution in [0, 0.1) is 0 Å². The van der Waals surface area contributed by atoms with Crippen molar-refractivity contribution in [1.82, 2.24) is 15.1 Å². The molecule has 0 aromatic carbocycles. The normalized spacial score (nSPS) is 15.6. The molecule has 0 saturated heterocycles. The minimum atomic E-state index is -3.07. The lowest BCUT2D eigenvalue weighted by Gasteiger charge is -2.16. The Labute approximate surface area is 99.6 Å². The van der Waals surface area contributed by atoms with Crippen molar-refractivity contribution in [3.05, 3.63) is 27.7 Å². The minimum Gasteiger partial charge on any atom is -0.312 e. The summed E-state index contributed by atoms with van der Waals surface area (Å²) >= 11 is 0. The lowest BCUT2D eigenvalue weighted by Crippen LogP contribution is -2.32. The van der Waals surface area contributed by atoms with Crippen LogP contribution in [0.1, 0.15) is 11.3 Å². The molecule has 1 aliphatic heterocycles. The predicted octanol–water partition coefficient (Wildman–Crippen LogP) is -1.07. The van der Waals surface area contributed by atoms with Crippen molar-refractivity contribution in [1.29, 1.82) is 0 Å². The molecule has 1 aliphatic rings. The Bertz CT molecular complexity index is 577. The van der Waals surface area contributed by atoms with E-state index in [4.69, 9.17) is 0 Å². The van der Waals surface area contributed by atoms with Crippen LogP contribution < -0.4 is 10.9 Å². The number of aromatic nitrogens is 2. The molecule has 1 N–H and O–H groups in total. The summed E-state index contributed by atoms with van der Waals surface area (Å²) in [6.45, 7) is 1.62. The Hall–Kier alpha value is -1.21. The third-order valence-electron chi connectivity index (χ3n) is 2.69. The molecular formula is C10H15N3O3S. The van der Waals surface area contributed by atoms with Crippen molar-refractivity contribution in [2.24, 2.45) is 0 Å². The molecule has 1 aromatic rings. The first-order valence-electron chi connectivity index (χ1n) is 5.44. The second-order valence-electron chi connectivity index (χ2n) is 4.23. The molecule has 0 saturated carbocycles. The molecule has 7 heteroatoms. The van der Waals surface area contributed by atoms with Crippen molar-refractivity contribution in [3.63, 3.8) is 0 Å². The quantitative estimate of drug-likeness (QED) is 0.746. The fourth-order valence-corrected chi connectivity index (χ4v) is 2.28. The van der Waals surface area contributed by atoms with Crippen LogP contribution in [0.25, 0.3) is 0 Å². The maximum Gasteiger partial charge on any atom is 0.267 e. The number of nitrogens with one attached hydrogen (secondary N) is 1. The molecule has 0 unspecified atom stereocenters. The lowest BCUT2D eigenvalue weighted by molar-refractivity contribution is 0.544. The molecule has 0 fully saturated rings. The van der Waals surface area contributed by atoms with Crippen molar-refractivity contribution in [3.8, 4) is 0 Å². The van der Waals surface area contributed by atoms with E-state index in [0.29, 0.717) is 6.54 Å². The molecule has 0 amide bonds. The van der Waals surface area contributed by atoms with Gasteiger partial charge in [-0.25, -0.2) is 13.1 Å². The summed E-state index contributed by atoms with van der Waals surface area (Å²) in [5.41, 5.74) is 1.56. The molecule has 0 bridgehead atoms. The molecule has 2 rings (SSSR count). The number of fused-ring (bicyclic) bond motifs is 1. The summed E-state index contributed by atoms with van der Waals surface area (Å²) in [6.07, 6.45) is 1.93. The number of aryl methyl sites for hydroxylation is 1. The van der Waals surface area contributed by atoms with Crippen LogP contribution in [0.4, 0.5) is 0 Å². The van der Waals surface area contributed by atoms with E-state index in [2.05, 4.69) is 10.4 Å². The van der Waals surface area contributed by atoms with Gasteiger partial charge in [0, 0.05) is 31.8 Å². The SMILES string of the molecule is CS(=O)(=O)CCn1nc2c(cc1=O)CNCC2. The second-order valence-corrected chi connectivity index (χ2v) is 6.49. The third-order valence-corrected chi connectivity index (χ3v) is 3.62. The number of sulfone groups is 1. The number of rotatable bonds is 3. The Morgan fingerprint density at radius 2 is 2.29 bits per heavy atom. The zero-order valence-corrected chi connectivity index (χ0v) is 10.5. The standard InChI is InChI=1S/C10H15N3O3S/c1-17(15,16)5-4-13-10(14)6-8-7-11-3-2-9(8)12-13/h6,11H,2-5,7H2,1H3. The van der Waals surface area contributed by atoms with Gasteiger partial charge >= 0.3 is 0 Å². The summed E-state index contributed by atoms with van der Waals surface area (Å²) in [7, 11) is -3.07. The summed E-state index contributed by atoms with van der Waals surface area (Å²) in [5.74, 6) is -0.0586. The van der Waals surface area contributed by atoms with Gasteiger partial charge in [0.1, 0.15) is 9.84 Å². The molecule has 1 aromatic heterocycles. The molecule has 0 atom stereocenters. The van der Waals surface area contributed by atoms with Gasteiger partial charge in [-0.1, -0.05) is 0 Å². The summed E-state index contributed by atoms with van der Waals surface area (Å²) in [5, 5.41) is 7.38. The number of hydrogen-bond donors (Lipinski definition) is 1. The van der Waals surface area contributed by atoms with Crippen LogP contribution in [0.2, 0.25) is 0 Å². The van der Waals surface area contributed by atoms with Gasteiger partial charge in [-0.15, -0.1) is 0 Å². The van der Waals surface area contributed by atoms with E-state index in [-0.39, 0.29) is 17.9 Å². The monoisotopic (exact) mass is 257 g/mol. The van der Waals surface area contributed by atoms with E-state index in [0.717, 1.165) is 30.5 Å². The first kappa shape index (κ1) is 12.3. The Balaban J connectivity index is 2.26. The molecule has 0 spiro atoms. The van der Waals surface area contributed by atoms with Crippen LogP contribution in [-0.4, -0.2) is 36.8 Å². The predicted molar refractivity (Wildman–Crippen MR) is 63.6 cm³/mol.